The summed E-state index contributed by atoms with van der Waals surface area (Å²) in [5, 5.41) is 12.1. The van der Waals surface area contributed by atoms with Crippen molar-refractivity contribution in [2.24, 2.45) is 5.92 Å². The van der Waals surface area contributed by atoms with Crippen LogP contribution in [0.2, 0.25) is 0 Å². The van der Waals surface area contributed by atoms with Crippen LogP contribution in [0.3, 0.4) is 0 Å². The predicted octanol–water partition coefficient (Wildman–Crippen LogP) is 3.45. The largest absolute Gasteiger partial charge is 0.392 e. The summed E-state index contributed by atoms with van der Waals surface area (Å²) in [4.78, 5) is 13.1. The van der Waals surface area contributed by atoms with Crippen LogP contribution in [0, 0.1) is 33.6 Å². The molecule has 162 valence electrons. The Hall–Kier alpha value is -2.22. The molecule has 0 atom stereocenters. The summed E-state index contributed by atoms with van der Waals surface area (Å²) in [5.41, 5.74) is 4.89. The molecule has 1 heterocycles. The van der Waals surface area contributed by atoms with Crippen molar-refractivity contribution < 1.29 is 18.3 Å². The number of benzene rings is 2. The topological polar surface area (TPSA) is 86.7 Å². The van der Waals surface area contributed by atoms with E-state index in [0.29, 0.717) is 36.5 Å². The van der Waals surface area contributed by atoms with E-state index in [4.69, 9.17) is 0 Å². The molecule has 1 saturated heterocycles. The molecule has 2 N–H and O–H groups in total. The first-order valence-corrected chi connectivity index (χ1v) is 11.7. The highest BCUT2D eigenvalue weighted by molar-refractivity contribution is 7.89. The lowest BCUT2D eigenvalue weighted by Gasteiger charge is -2.31. The van der Waals surface area contributed by atoms with Crippen LogP contribution in [-0.4, -0.2) is 36.8 Å². The molecule has 1 aliphatic rings. The molecule has 0 saturated carbocycles. The summed E-state index contributed by atoms with van der Waals surface area (Å²) in [6.45, 7) is 8.14. The second-order valence-electron chi connectivity index (χ2n) is 8.12. The second kappa shape index (κ2) is 8.88. The van der Waals surface area contributed by atoms with Crippen LogP contribution >= 0.6 is 0 Å². The quantitative estimate of drug-likeness (QED) is 0.761. The highest BCUT2D eigenvalue weighted by atomic mass is 32.2. The average Bonchev–Trinajstić information content (AvgIpc) is 2.72. The lowest BCUT2D eigenvalue weighted by molar-refractivity contribution is -0.120. The Balaban J connectivity index is 1.71. The lowest BCUT2D eigenvalue weighted by atomic mass is 9.97. The molecular weight excluding hydrogens is 400 g/mol. The first kappa shape index (κ1) is 22.5. The number of carbonyl (C=O) groups is 1. The number of carbonyl (C=O) groups excluding carboxylic acids is 1. The summed E-state index contributed by atoms with van der Waals surface area (Å²) in [7, 11) is -3.61. The maximum absolute atomic E-state index is 13.4. The molecule has 0 radical (unpaired) electrons. The van der Waals surface area contributed by atoms with E-state index >= 15 is 0 Å². The van der Waals surface area contributed by atoms with Crippen molar-refractivity contribution in [1.29, 1.82) is 0 Å². The number of anilines is 1. The predicted molar refractivity (Wildman–Crippen MR) is 118 cm³/mol. The number of piperidine rings is 1. The van der Waals surface area contributed by atoms with Gasteiger partial charge in [-0.25, -0.2) is 8.42 Å². The van der Waals surface area contributed by atoms with E-state index in [1.54, 1.807) is 24.3 Å². The summed E-state index contributed by atoms with van der Waals surface area (Å²) in [6.07, 6.45) is 0.960. The molecule has 7 heteroatoms. The maximum Gasteiger partial charge on any atom is 0.243 e. The van der Waals surface area contributed by atoms with Gasteiger partial charge in [0.05, 0.1) is 11.5 Å². The Morgan fingerprint density at radius 3 is 2.23 bits per heavy atom. The number of hydrogen-bond acceptors (Lipinski definition) is 4. The second-order valence-corrected chi connectivity index (χ2v) is 9.99. The standard InChI is InChI=1S/C23H30N2O4S/c1-15-12-16(2)18(4)22(17(15)3)30(28,29)25-10-8-20(9-11-25)23(27)24-21-7-5-6-19(13-21)14-26/h5-7,12-13,20,26H,8-11,14H2,1-4H3,(H,24,27). The van der Waals surface area contributed by atoms with Gasteiger partial charge in [0.15, 0.2) is 0 Å². The summed E-state index contributed by atoms with van der Waals surface area (Å²) >= 11 is 0. The molecule has 2 aromatic rings. The first-order chi connectivity index (χ1) is 14.1. The maximum atomic E-state index is 13.4. The summed E-state index contributed by atoms with van der Waals surface area (Å²) < 4.78 is 28.3. The van der Waals surface area contributed by atoms with Gasteiger partial charge in [-0.3, -0.25) is 4.79 Å². The number of nitrogens with one attached hydrogen (secondary N) is 1. The zero-order valence-electron chi connectivity index (χ0n) is 18.0. The van der Waals surface area contributed by atoms with E-state index in [9.17, 15) is 18.3 Å². The van der Waals surface area contributed by atoms with Gasteiger partial charge in [0.1, 0.15) is 0 Å². The van der Waals surface area contributed by atoms with Crippen molar-refractivity contribution >= 4 is 21.6 Å². The SMILES string of the molecule is Cc1cc(C)c(C)c(S(=O)(=O)N2CCC(C(=O)Nc3cccc(CO)c3)CC2)c1C. The van der Waals surface area contributed by atoms with Crippen LogP contribution < -0.4 is 5.32 Å². The van der Waals surface area contributed by atoms with Crippen molar-refractivity contribution in [2.45, 2.75) is 52.0 Å². The lowest BCUT2D eigenvalue weighted by Crippen LogP contribution is -2.41. The van der Waals surface area contributed by atoms with Gasteiger partial charge in [-0.1, -0.05) is 18.2 Å². The van der Waals surface area contributed by atoms with Crippen LogP contribution in [-0.2, 0) is 21.4 Å². The minimum Gasteiger partial charge on any atom is -0.392 e. The molecule has 0 aromatic heterocycles. The number of aliphatic hydroxyl groups is 1. The van der Waals surface area contributed by atoms with Crippen molar-refractivity contribution in [1.82, 2.24) is 4.31 Å². The van der Waals surface area contributed by atoms with Gasteiger partial charge < -0.3 is 10.4 Å². The Morgan fingerprint density at radius 2 is 1.67 bits per heavy atom. The van der Waals surface area contributed by atoms with Gasteiger partial charge in [0.2, 0.25) is 15.9 Å². The highest BCUT2D eigenvalue weighted by Crippen LogP contribution is 2.31. The molecule has 0 unspecified atom stereocenters. The van der Waals surface area contributed by atoms with Crippen molar-refractivity contribution in [3.05, 3.63) is 58.1 Å². The number of nitrogens with zero attached hydrogens (tertiary/aromatic N) is 1. The van der Waals surface area contributed by atoms with Crippen molar-refractivity contribution in [3.8, 4) is 0 Å². The summed E-state index contributed by atoms with van der Waals surface area (Å²) in [6, 6.07) is 9.11. The van der Waals surface area contributed by atoms with Gasteiger partial charge in [0.25, 0.3) is 0 Å². The molecule has 0 aliphatic carbocycles. The zero-order chi connectivity index (χ0) is 22.1. The van der Waals surface area contributed by atoms with Crippen molar-refractivity contribution in [3.63, 3.8) is 0 Å². The van der Waals surface area contributed by atoms with Gasteiger partial charge in [-0.15, -0.1) is 0 Å². The number of amides is 1. The molecule has 30 heavy (non-hydrogen) atoms. The van der Waals surface area contributed by atoms with Gasteiger partial charge in [0, 0.05) is 24.7 Å². The highest BCUT2D eigenvalue weighted by Gasteiger charge is 2.34. The normalized spacial score (nSPS) is 15.9. The van der Waals surface area contributed by atoms with Crippen LogP contribution in [0.5, 0.6) is 0 Å². The number of rotatable bonds is 5. The Bertz CT molecular complexity index is 1030. The first-order valence-electron chi connectivity index (χ1n) is 10.2. The minimum atomic E-state index is -3.61. The molecule has 1 fully saturated rings. The fourth-order valence-electron chi connectivity index (χ4n) is 4.05. The van der Waals surface area contributed by atoms with Gasteiger partial charge >= 0.3 is 0 Å². The molecule has 0 spiro atoms. The van der Waals surface area contributed by atoms with Crippen molar-refractivity contribution in [2.75, 3.05) is 18.4 Å². The van der Waals surface area contributed by atoms with E-state index in [-0.39, 0.29) is 18.4 Å². The van der Waals surface area contributed by atoms with E-state index < -0.39 is 10.0 Å². The van der Waals surface area contributed by atoms with Crippen LogP contribution in [0.25, 0.3) is 0 Å². The van der Waals surface area contributed by atoms with E-state index in [2.05, 4.69) is 5.32 Å². The molecule has 1 aliphatic heterocycles. The Morgan fingerprint density at radius 1 is 1.07 bits per heavy atom. The minimum absolute atomic E-state index is 0.0861. The third kappa shape index (κ3) is 4.43. The van der Waals surface area contributed by atoms with E-state index in [0.717, 1.165) is 27.8 Å². The fraction of sp³-hybridized carbons (Fsp3) is 0.435. The smallest absolute Gasteiger partial charge is 0.243 e. The Labute approximate surface area is 179 Å². The monoisotopic (exact) mass is 430 g/mol. The molecule has 1 amide bonds. The molecule has 6 nitrogen and oxygen atoms in total. The zero-order valence-corrected chi connectivity index (χ0v) is 18.8. The molecule has 0 bridgehead atoms. The Kier molecular flexibility index (Phi) is 6.65. The van der Waals surface area contributed by atoms with Gasteiger partial charge in [-0.05, 0) is 80.5 Å². The molecule has 2 aromatic carbocycles. The average molecular weight is 431 g/mol. The van der Waals surface area contributed by atoms with E-state index in [1.807, 2.05) is 33.8 Å². The van der Waals surface area contributed by atoms with E-state index in [1.165, 1.54) is 4.31 Å². The number of hydrogen-bond donors (Lipinski definition) is 2. The van der Waals surface area contributed by atoms with Crippen LogP contribution in [0.4, 0.5) is 5.69 Å². The molecular formula is C23H30N2O4S. The van der Waals surface area contributed by atoms with Crippen LogP contribution in [0.15, 0.2) is 35.2 Å². The summed E-state index contributed by atoms with van der Waals surface area (Å²) in [5.74, 6) is -0.350. The van der Waals surface area contributed by atoms with Gasteiger partial charge in [-0.2, -0.15) is 4.31 Å². The third-order valence-electron chi connectivity index (χ3n) is 6.10. The third-order valence-corrected chi connectivity index (χ3v) is 8.27. The molecule has 3 rings (SSSR count). The van der Waals surface area contributed by atoms with Crippen LogP contribution in [0.1, 0.15) is 40.7 Å². The fourth-order valence-corrected chi connectivity index (χ4v) is 6.09. The number of sulfonamides is 1. The number of aliphatic hydroxyl groups excluding tert-OH is 1. The number of aryl methyl sites for hydroxylation is 2.